The van der Waals surface area contributed by atoms with Crippen molar-refractivity contribution in [3.63, 3.8) is 0 Å². The van der Waals surface area contributed by atoms with Crippen LogP contribution in [-0.2, 0) is 4.74 Å². The highest BCUT2D eigenvalue weighted by Crippen LogP contribution is 2.48. The van der Waals surface area contributed by atoms with Crippen molar-refractivity contribution in [3.05, 3.63) is 0 Å². The van der Waals surface area contributed by atoms with Gasteiger partial charge in [-0.15, -0.1) is 0 Å². The highest BCUT2D eigenvalue weighted by molar-refractivity contribution is 4.92. The molecule has 3 saturated carbocycles. The number of hydrogen-bond acceptors (Lipinski definition) is 2. The smallest absolute Gasteiger partial charge is 0.0586 e. The Bertz CT molecular complexity index is 243. The minimum absolute atomic E-state index is 0.525. The van der Waals surface area contributed by atoms with Gasteiger partial charge in [0.15, 0.2) is 0 Å². The molecule has 1 N–H and O–H groups in total. The lowest BCUT2D eigenvalue weighted by molar-refractivity contribution is 0.106. The number of nitrogens with one attached hydrogen (secondary N) is 1. The molecule has 3 aliphatic rings. The minimum atomic E-state index is 0.525. The lowest BCUT2D eigenvalue weighted by atomic mass is 9.88. The molecule has 0 aromatic rings. The third kappa shape index (κ3) is 2.14. The van der Waals surface area contributed by atoms with Crippen LogP contribution in [-0.4, -0.2) is 25.8 Å². The van der Waals surface area contributed by atoms with E-state index in [9.17, 15) is 0 Å². The lowest BCUT2D eigenvalue weighted by Gasteiger charge is -2.24. The second-order valence-corrected chi connectivity index (χ2v) is 6.21. The quantitative estimate of drug-likeness (QED) is 0.791. The van der Waals surface area contributed by atoms with Crippen LogP contribution in [0.2, 0.25) is 0 Å². The number of methoxy groups -OCH3 is 1. The van der Waals surface area contributed by atoms with Crippen LogP contribution in [0, 0.1) is 17.8 Å². The summed E-state index contributed by atoms with van der Waals surface area (Å²) in [5, 5.41) is 3.79. The van der Waals surface area contributed by atoms with E-state index in [4.69, 9.17) is 4.74 Å². The summed E-state index contributed by atoms with van der Waals surface area (Å²) in [5.74, 6) is 3.16. The second kappa shape index (κ2) is 4.66. The molecule has 0 saturated heterocycles. The number of rotatable bonds is 4. The molecule has 5 atom stereocenters. The van der Waals surface area contributed by atoms with Crippen LogP contribution in [0.25, 0.3) is 0 Å². The summed E-state index contributed by atoms with van der Waals surface area (Å²) in [6.07, 6.45) is 10.4. The molecule has 0 heterocycles. The van der Waals surface area contributed by atoms with Gasteiger partial charge in [0.1, 0.15) is 0 Å². The zero-order chi connectivity index (χ0) is 11.0. The van der Waals surface area contributed by atoms with Gasteiger partial charge in [0, 0.05) is 13.2 Å². The summed E-state index contributed by atoms with van der Waals surface area (Å²) in [6.45, 7) is 1.28. The predicted molar refractivity (Wildman–Crippen MR) is 65.4 cm³/mol. The maximum Gasteiger partial charge on any atom is 0.0586 e. The fraction of sp³-hybridized carbons (Fsp3) is 1.00. The summed E-state index contributed by atoms with van der Waals surface area (Å²) in [5.41, 5.74) is 0. The Kier molecular flexibility index (Phi) is 3.21. The highest BCUT2D eigenvalue weighted by Gasteiger charge is 2.39. The average Bonchev–Trinajstić information content (AvgIpc) is 3.02. The molecule has 0 aromatic carbocycles. The van der Waals surface area contributed by atoms with Gasteiger partial charge in [-0.2, -0.15) is 0 Å². The molecule has 3 rings (SSSR count). The standard InChI is InChI=1S/C14H25NO/c1-16-14-5-4-13(8-14)15-9-12-7-10-2-3-11(12)6-10/h10-15H,2-9H2,1H3. The molecule has 92 valence electrons. The van der Waals surface area contributed by atoms with Gasteiger partial charge in [-0.3, -0.25) is 0 Å². The molecule has 3 aliphatic carbocycles. The minimum Gasteiger partial charge on any atom is -0.381 e. The molecule has 0 spiro atoms. The van der Waals surface area contributed by atoms with Crippen molar-refractivity contribution in [2.45, 2.75) is 57.1 Å². The van der Waals surface area contributed by atoms with E-state index in [-0.39, 0.29) is 0 Å². The molecule has 2 bridgehead atoms. The van der Waals surface area contributed by atoms with Crippen molar-refractivity contribution < 1.29 is 4.74 Å². The van der Waals surface area contributed by atoms with Crippen LogP contribution in [0.3, 0.4) is 0 Å². The van der Waals surface area contributed by atoms with Crippen molar-refractivity contribution in [1.29, 1.82) is 0 Å². The first-order valence-electron chi connectivity index (χ1n) is 7.11. The van der Waals surface area contributed by atoms with Crippen molar-refractivity contribution >= 4 is 0 Å². The van der Waals surface area contributed by atoms with Crippen molar-refractivity contribution in [2.75, 3.05) is 13.7 Å². The van der Waals surface area contributed by atoms with Crippen LogP contribution in [0.15, 0.2) is 0 Å². The molecule has 0 aromatic heterocycles. The Hall–Kier alpha value is -0.0800. The summed E-state index contributed by atoms with van der Waals surface area (Å²) >= 11 is 0. The van der Waals surface area contributed by atoms with Gasteiger partial charge in [0.25, 0.3) is 0 Å². The van der Waals surface area contributed by atoms with Crippen molar-refractivity contribution in [3.8, 4) is 0 Å². The third-order valence-electron chi connectivity index (χ3n) is 5.27. The van der Waals surface area contributed by atoms with Gasteiger partial charge in [-0.1, -0.05) is 6.42 Å². The topological polar surface area (TPSA) is 21.3 Å². The Balaban J connectivity index is 1.40. The van der Waals surface area contributed by atoms with Crippen LogP contribution in [0.4, 0.5) is 0 Å². The van der Waals surface area contributed by atoms with E-state index in [1.165, 1.54) is 51.5 Å². The largest absolute Gasteiger partial charge is 0.381 e. The Morgan fingerprint density at radius 3 is 2.62 bits per heavy atom. The Morgan fingerprint density at radius 2 is 2.00 bits per heavy atom. The summed E-state index contributed by atoms with van der Waals surface area (Å²) in [4.78, 5) is 0. The van der Waals surface area contributed by atoms with Gasteiger partial charge < -0.3 is 10.1 Å². The molecule has 16 heavy (non-hydrogen) atoms. The summed E-state index contributed by atoms with van der Waals surface area (Å²) in [6, 6.07) is 0.740. The molecule has 0 radical (unpaired) electrons. The van der Waals surface area contributed by atoms with E-state index in [0.29, 0.717) is 6.10 Å². The van der Waals surface area contributed by atoms with Crippen molar-refractivity contribution in [2.24, 2.45) is 17.8 Å². The number of ether oxygens (including phenoxy) is 1. The van der Waals surface area contributed by atoms with Crippen molar-refractivity contribution in [1.82, 2.24) is 5.32 Å². The molecule has 2 heteroatoms. The maximum atomic E-state index is 5.42. The van der Waals surface area contributed by atoms with Gasteiger partial charge in [0.2, 0.25) is 0 Å². The van der Waals surface area contributed by atoms with E-state index in [2.05, 4.69) is 5.32 Å². The lowest BCUT2D eigenvalue weighted by Crippen LogP contribution is -2.33. The molecule has 2 nitrogen and oxygen atoms in total. The van der Waals surface area contributed by atoms with E-state index < -0.39 is 0 Å². The van der Waals surface area contributed by atoms with Gasteiger partial charge in [-0.25, -0.2) is 0 Å². The molecule has 3 fully saturated rings. The van der Waals surface area contributed by atoms with E-state index in [0.717, 1.165) is 23.8 Å². The fourth-order valence-corrected chi connectivity index (χ4v) is 4.28. The molecule has 5 unspecified atom stereocenters. The zero-order valence-electron chi connectivity index (χ0n) is 10.5. The Morgan fingerprint density at radius 1 is 1.06 bits per heavy atom. The normalized spacial score (nSPS) is 46.7. The van der Waals surface area contributed by atoms with E-state index in [1.54, 1.807) is 0 Å². The maximum absolute atomic E-state index is 5.42. The van der Waals surface area contributed by atoms with Crippen LogP contribution in [0.5, 0.6) is 0 Å². The van der Waals surface area contributed by atoms with E-state index in [1.807, 2.05) is 7.11 Å². The molecular formula is C14H25NO. The highest BCUT2D eigenvalue weighted by atomic mass is 16.5. The van der Waals surface area contributed by atoms with Crippen LogP contribution >= 0.6 is 0 Å². The fourth-order valence-electron chi connectivity index (χ4n) is 4.28. The average molecular weight is 223 g/mol. The molecular weight excluding hydrogens is 198 g/mol. The van der Waals surface area contributed by atoms with Gasteiger partial charge in [-0.05, 0) is 62.8 Å². The SMILES string of the molecule is COC1CCC(NCC2CC3CCC2C3)C1. The monoisotopic (exact) mass is 223 g/mol. The number of fused-ring (bicyclic) bond motifs is 2. The molecule has 0 aliphatic heterocycles. The zero-order valence-corrected chi connectivity index (χ0v) is 10.5. The second-order valence-electron chi connectivity index (χ2n) is 6.21. The predicted octanol–water partition coefficient (Wildman–Crippen LogP) is 2.58. The summed E-state index contributed by atoms with van der Waals surface area (Å²) < 4.78 is 5.42. The first-order chi connectivity index (χ1) is 7.85. The molecule has 0 amide bonds. The first kappa shape index (κ1) is 11.0. The van der Waals surface area contributed by atoms with Gasteiger partial charge >= 0.3 is 0 Å². The van der Waals surface area contributed by atoms with E-state index >= 15 is 0 Å². The Labute approximate surface area is 99.1 Å². The van der Waals surface area contributed by atoms with Gasteiger partial charge in [0.05, 0.1) is 6.10 Å². The first-order valence-corrected chi connectivity index (χ1v) is 7.11. The summed E-state index contributed by atoms with van der Waals surface area (Å²) in [7, 11) is 1.85. The number of hydrogen-bond donors (Lipinski definition) is 1. The van der Waals surface area contributed by atoms with Crippen LogP contribution in [0.1, 0.15) is 44.9 Å². The van der Waals surface area contributed by atoms with Crippen LogP contribution < -0.4 is 5.32 Å². The third-order valence-corrected chi connectivity index (χ3v) is 5.27.